The molecule has 0 bridgehead atoms. The lowest BCUT2D eigenvalue weighted by Crippen LogP contribution is -2.43. The first-order chi connectivity index (χ1) is 11.7. The minimum absolute atomic E-state index is 0.0587. The fourth-order valence-corrected chi connectivity index (χ4v) is 2.09. The van der Waals surface area contributed by atoms with E-state index in [1.165, 1.54) is 6.92 Å². The zero-order valence-electron chi connectivity index (χ0n) is 15.6. The van der Waals surface area contributed by atoms with Gasteiger partial charge in [0.2, 0.25) is 5.91 Å². The molecule has 0 aromatic heterocycles. The maximum Gasteiger partial charge on any atom is 0.319 e. The van der Waals surface area contributed by atoms with E-state index in [1.54, 1.807) is 0 Å². The van der Waals surface area contributed by atoms with Gasteiger partial charge in [-0.25, -0.2) is 4.79 Å². The van der Waals surface area contributed by atoms with Gasteiger partial charge in [-0.15, -0.1) is 0 Å². The largest absolute Gasteiger partial charge is 0.491 e. The fraction of sp³-hybridized carbons (Fsp3) is 0.556. The van der Waals surface area contributed by atoms with Gasteiger partial charge in [0.15, 0.2) is 0 Å². The highest BCUT2D eigenvalue weighted by atomic mass is 16.5. The highest BCUT2D eigenvalue weighted by Crippen LogP contribution is 2.26. The number of ether oxygens (including phenoxy) is 1. The number of carbonyl (C=O) groups excluding carboxylic acids is 2. The van der Waals surface area contributed by atoms with E-state index in [0.29, 0.717) is 37.6 Å². The van der Waals surface area contributed by atoms with Crippen LogP contribution in [0.5, 0.6) is 5.75 Å². The number of nitrogens with one attached hydrogen (secondary N) is 3. The first-order valence-electron chi connectivity index (χ1n) is 8.50. The van der Waals surface area contributed by atoms with Gasteiger partial charge in [-0.05, 0) is 57.9 Å². The molecule has 5 N–H and O–H groups in total. The van der Waals surface area contributed by atoms with Gasteiger partial charge in [-0.2, -0.15) is 0 Å². The van der Waals surface area contributed by atoms with Crippen molar-refractivity contribution >= 4 is 17.6 Å². The maximum atomic E-state index is 12.1. The van der Waals surface area contributed by atoms with Crippen LogP contribution in [0.2, 0.25) is 0 Å². The van der Waals surface area contributed by atoms with Gasteiger partial charge in [-0.3, -0.25) is 4.79 Å². The van der Waals surface area contributed by atoms with E-state index < -0.39 is 0 Å². The lowest BCUT2D eigenvalue weighted by atomic mass is 10.1. The summed E-state index contributed by atoms with van der Waals surface area (Å²) in [4.78, 5) is 23.1. The molecule has 0 aliphatic heterocycles. The SMILES string of the molecule is CC(=O)NCCc1ccc(NC(=O)NC(C)(C)C)c(OCCCN)c1. The van der Waals surface area contributed by atoms with Gasteiger partial charge < -0.3 is 26.4 Å². The Hall–Kier alpha value is -2.28. The molecule has 0 aliphatic rings. The van der Waals surface area contributed by atoms with Gasteiger partial charge in [-0.1, -0.05) is 6.07 Å². The molecular formula is C18H30N4O3. The predicted octanol–water partition coefficient (Wildman–Crippen LogP) is 2.01. The smallest absolute Gasteiger partial charge is 0.319 e. The van der Waals surface area contributed by atoms with E-state index in [2.05, 4.69) is 16.0 Å². The summed E-state index contributed by atoms with van der Waals surface area (Å²) in [6.07, 6.45) is 1.41. The van der Waals surface area contributed by atoms with E-state index in [4.69, 9.17) is 10.5 Å². The molecule has 140 valence electrons. The molecule has 0 atom stereocenters. The van der Waals surface area contributed by atoms with Crippen LogP contribution in [0, 0.1) is 0 Å². The first-order valence-corrected chi connectivity index (χ1v) is 8.50. The molecular weight excluding hydrogens is 320 g/mol. The lowest BCUT2D eigenvalue weighted by Gasteiger charge is -2.21. The topological polar surface area (TPSA) is 105 Å². The van der Waals surface area contributed by atoms with E-state index in [1.807, 2.05) is 39.0 Å². The zero-order valence-corrected chi connectivity index (χ0v) is 15.6. The Kier molecular flexibility index (Phi) is 8.21. The Morgan fingerprint density at radius 2 is 1.96 bits per heavy atom. The monoisotopic (exact) mass is 350 g/mol. The summed E-state index contributed by atoms with van der Waals surface area (Å²) in [6, 6.07) is 5.31. The Bertz CT molecular complexity index is 582. The molecule has 0 heterocycles. The second-order valence-corrected chi connectivity index (χ2v) is 6.88. The number of amides is 3. The van der Waals surface area contributed by atoms with E-state index in [-0.39, 0.29) is 17.5 Å². The Labute approximate surface area is 149 Å². The van der Waals surface area contributed by atoms with Crippen LogP contribution < -0.4 is 26.4 Å². The Morgan fingerprint density at radius 1 is 1.24 bits per heavy atom. The molecule has 25 heavy (non-hydrogen) atoms. The summed E-state index contributed by atoms with van der Waals surface area (Å²) in [6.45, 7) is 8.79. The molecule has 0 radical (unpaired) electrons. The number of nitrogens with two attached hydrogens (primary N) is 1. The zero-order chi connectivity index (χ0) is 18.9. The van der Waals surface area contributed by atoms with Crippen molar-refractivity contribution in [3.8, 4) is 5.75 Å². The Balaban J connectivity index is 2.82. The fourth-order valence-electron chi connectivity index (χ4n) is 2.09. The van der Waals surface area contributed by atoms with Crippen LogP contribution in [0.25, 0.3) is 0 Å². The molecule has 7 nitrogen and oxygen atoms in total. The van der Waals surface area contributed by atoms with Crippen molar-refractivity contribution in [2.24, 2.45) is 5.73 Å². The highest BCUT2D eigenvalue weighted by molar-refractivity contribution is 5.91. The van der Waals surface area contributed by atoms with Crippen molar-refractivity contribution < 1.29 is 14.3 Å². The van der Waals surface area contributed by atoms with E-state index >= 15 is 0 Å². The molecule has 1 aromatic carbocycles. The minimum Gasteiger partial charge on any atom is -0.491 e. The van der Waals surface area contributed by atoms with Crippen LogP contribution in [-0.4, -0.2) is 37.2 Å². The van der Waals surface area contributed by atoms with Gasteiger partial charge in [0.25, 0.3) is 0 Å². The first kappa shape index (κ1) is 20.8. The van der Waals surface area contributed by atoms with Gasteiger partial charge >= 0.3 is 6.03 Å². The second kappa shape index (κ2) is 9.88. The van der Waals surface area contributed by atoms with Crippen LogP contribution >= 0.6 is 0 Å². The number of carbonyl (C=O) groups is 2. The maximum absolute atomic E-state index is 12.1. The van der Waals surface area contributed by atoms with Crippen LogP contribution in [0.1, 0.15) is 39.7 Å². The van der Waals surface area contributed by atoms with Crippen LogP contribution in [0.15, 0.2) is 18.2 Å². The molecule has 0 saturated carbocycles. The third-order valence-corrected chi connectivity index (χ3v) is 3.18. The number of hydrogen-bond donors (Lipinski definition) is 4. The van der Waals surface area contributed by atoms with Crippen molar-refractivity contribution in [2.75, 3.05) is 25.0 Å². The van der Waals surface area contributed by atoms with Gasteiger partial charge in [0, 0.05) is 19.0 Å². The summed E-state index contributed by atoms with van der Waals surface area (Å²) in [5.74, 6) is 0.536. The summed E-state index contributed by atoms with van der Waals surface area (Å²) in [7, 11) is 0. The highest BCUT2D eigenvalue weighted by Gasteiger charge is 2.15. The minimum atomic E-state index is -0.330. The van der Waals surface area contributed by atoms with Crippen molar-refractivity contribution in [3.63, 3.8) is 0 Å². The summed E-state index contributed by atoms with van der Waals surface area (Å²) < 4.78 is 5.77. The molecule has 0 fully saturated rings. The van der Waals surface area contributed by atoms with Crippen molar-refractivity contribution in [1.82, 2.24) is 10.6 Å². The molecule has 0 saturated heterocycles. The lowest BCUT2D eigenvalue weighted by molar-refractivity contribution is -0.118. The average Bonchev–Trinajstić information content (AvgIpc) is 2.47. The molecule has 0 aliphatic carbocycles. The standard InChI is InChI=1S/C18H30N4O3/c1-13(23)20-10-8-14-6-7-15(16(12-14)25-11-5-9-19)21-17(24)22-18(2,3)4/h6-7,12H,5,8-11,19H2,1-4H3,(H,20,23)(H2,21,22,24). The van der Waals surface area contributed by atoms with Crippen molar-refractivity contribution in [1.29, 1.82) is 0 Å². The second-order valence-electron chi connectivity index (χ2n) is 6.88. The normalized spacial score (nSPS) is 10.9. The third-order valence-electron chi connectivity index (χ3n) is 3.18. The Morgan fingerprint density at radius 3 is 2.56 bits per heavy atom. The predicted molar refractivity (Wildman–Crippen MR) is 99.9 cm³/mol. The average molecular weight is 350 g/mol. The van der Waals surface area contributed by atoms with Crippen molar-refractivity contribution in [2.45, 2.75) is 46.1 Å². The molecule has 1 aromatic rings. The summed E-state index contributed by atoms with van der Waals surface area (Å²) in [5, 5.41) is 8.43. The van der Waals surface area contributed by atoms with Crippen molar-refractivity contribution in [3.05, 3.63) is 23.8 Å². The van der Waals surface area contributed by atoms with E-state index in [0.717, 1.165) is 12.0 Å². The van der Waals surface area contributed by atoms with Gasteiger partial charge in [0.05, 0.1) is 12.3 Å². The number of hydrogen-bond acceptors (Lipinski definition) is 4. The molecule has 3 amide bonds. The van der Waals surface area contributed by atoms with Crippen LogP contribution in [0.4, 0.5) is 10.5 Å². The molecule has 0 spiro atoms. The number of urea groups is 1. The van der Waals surface area contributed by atoms with Crippen LogP contribution in [-0.2, 0) is 11.2 Å². The number of anilines is 1. The van der Waals surface area contributed by atoms with E-state index in [9.17, 15) is 9.59 Å². The number of benzene rings is 1. The third kappa shape index (κ3) is 8.95. The molecule has 1 rings (SSSR count). The molecule has 7 heteroatoms. The quantitative estimate of drug-likeness (QED) is 0.538. The molecule has 0 unspecified atom stereocenters. The van der Waals surface area contributed by atoms with Crippen LogP contribution in [0.3, 0.4) is 0 Å². The van der Waals surface area contributed by atoms with Gasteiger partial charge in [0.1, 0.15) is 5.75 Å². The summed E-state index contributed by atoms with van der Waals surface area (Å²) >= 11 is 0. The number of rotatable bonds is 8. The summed E-state index contributed by atoms with van der Waals surface area (Å²) in [5.41, 5.74) is 6.79.